The second-order valence-electron chi connectivity index (χ2n) is 9.34. The van der Waals surface area contributed by atoms with E-state index in [0.717, 1.165) is 41.7 Å². The van der Waals surface area contributed by atoms with Gasteiger partial charge in [-0.05, 0) is 36.1 Å². The monoisotopic (exact) mass is 492 g/mol. The van der Waals surface area contributed by atoms with Gasteiger partial charge in [-0.1, -0.05) is 95.2 Å². The molecule has 3 rings (SSSR count). The van der Waals surface area contributed by atoms with Crippen LogP contribution in [0.2, 0.25) is 0 Å². The van der Waals surface area contributed by atoms with Gasteiger partial charge in [0.15, 0.2) is 11.6 Å². The molecule has 0 amide bonds. The summed E-state index contributed by atoms with van der Waals surface area (Å²) in [5.41, 5.74) is 3.16. The first-order valence-electron chi connectivity index (χ1n) is 13.6. The van der Waals surface area contributed by atoms with E-state index in [1.165, 1.54) is 32.1 Å². The van der Waals surface area contributed by atoms with E-state index < -0.39 is 6.17 Å². The summed E-state index contributed by atoms with van der Waals surface area (Å²) >= 11 is 0. The first kappa shape index (κ1) is 27.6. The average Bonchev–Trinajstić information content (AvgIpc) is 2.92. The Hall–Kier alpha value is -2.95. The number of rotatable bonds is 17. The van der Waals surface area contributed by atoms with Crippen LogP contribution in [0.1, 0.15) is 78.1 Å². The number of unbranched alkanes of at least 4 members (excludes halogenated alkanes) is 6. The average molecular weight is 493 g/mol. The van der Waals surface area contributed by atoms with Crippen molar-refractivity contribution in [2.75, 3.05) is 13.2 Å². The predicted octanol–water partition coefficient (Wildman–Crippen LogP) is 8.85. The normalized spacial score (nSPS) is 11.9. The summed E-state index contributed by atoms with van der Waals surface area (Å²) < 4.78 is 25.5. The number of hydrogen-bond acceptors (Lipinski definition) is 4. The molecule has 36 heavy (non-hydrogen) atoms. The van der Waals surface area contributed by atoms with Crippen molar-refractivity contribution in [2.24, 2.45) is 0 Å². The molecule has 4 nitrogen and oxygen atoms in total. The highest BCUT2D eigenvalue weighted by Gasteiger charge is 2.07. The van der Waals surface area contributed by atoms with Crippen molar-refractivity contribution >= 4 is 0 Å². The summed E-state index contributed by atoms with van der Waals surface area (Å²) in [6, 6.07) is 16.2. The minimum Gasteiger partial charge on any atom is -0.493 e. The summed E-state index contributed by atoms with van der Waals surface area (Å²) in [6.07, 6.45) is 13.0. The van der Waals surface area contributed by atoms with Crippen molar-refractivity contribution < 1.29 is 13.9 Å². The maximum atomic E-state index is 14.0. The maximum absolute atomic E-state index is 14.0. The molecule has 194 valence electrons. The van der Waals surface area contributed by atoms with E-state index in [0.29, 0.717) is 37.6 Å². The summed E-state index contributed by atoms with van der Waals surface area (Å²) in [5, 5.41) is 0. The Labute approximate surface area is 216 Å². The number of aromatic nitrogens is 2. The van der Waals surface area contributed by atoms with Crippen LogP contribution < -0.4 is 9.47 Å². The van der Waals surface area contributed by atoms with Gasteiger partial charge in [-0.25, -0.2) is 14.4 Å². The minimum absolute atomic E-state index is 0.408. The van der Waals surface area contributed by atoms with Crippen molar-refractivity contribution in [1.29, 1.82) is 0 Å². The van der Waals surface area contributed by atoms with Crippen LogP contribution >= 0.6 is 0 Å². The van der Waals surface area contributed by atoms with E-state index in [2.05, 4.69) is 35.9 Å². The van der Waals surface area contributed by atoms with Crippen LogP contribution in [-0.4, -0.2) is 29.4 Å². The summed E-state index contributed by atoms with van der Waals surface area (Å²) in [6.45, 7) is 5.48. The molecule has 0 unspecified atom stereocenters. The van der Waals surface area contributed by atoms with Crippen molar-refractivity contribution in [3.8, 4) is 34.0 Å². The number of hydrogen-bond donors (Lipinski definition) is 0. The third-order valence-electron chi connectivity index (χ3n) is 6.30. The molecule has 0 saturated heterocycles. The number of halogens is 1. The molecule has 0 radical (unpaired) electrons. The van der Waals surface area contributed by atoms with Gasteiger partial charge in [0, 0.05) is 12.0 Å². The number of alkyl halides is 1. The molecule has 0 spiro atoms. The SMILES string of the molecule is CCCCCCOc1cnc(-c2ccc(-c3ccc(OCC[C@@H](F)CCCCCC)cc3)cc2)nc1. The highest BCUT2D eigenvalue weighted by molar-refractivity contribution is 5.68. The van der Waals surface area contributed by atoms with Gasteiger partial charge in [-0.15, -0.1) is 0 Å². The predicted molar refractivity (Wildman–Crippen MR) is 146 cm³/mol. The Bertz CT molecular complexity index is 975. The van der Waals surface area contributed by atoms with Crippen molar-refractivity contribution in [1.82, 2.24) is 9.97 Å². The molecule has 0 saturated carbocycles. The van der Waals surface area contributed by atoms with Crippen molar-refractivity contribution in [2.45, 2.75) is 84.2 Å². The third-order valence-corrected chi connectivity index (χ3v) is 6.30. The van der Waals surface area contributed by atoms with Crippen LogP contribution in [0.25, 0.3) is 22.5 Å². The molecule has 1 aromatic heterocycles. The lowest BCUT2D eigenvalue weighted by Crippen LogP contribution is -2.07. The van der Waals surface area contributed by atoms with Crippen LogP contribution in [0.15, 0.2) is 60.9 Å². The maximum Gasteiger partial charge on any atom is 0.159 e. The van der Waals surface area contributed by atoms with Gasteiger partial charge in [-0.3, -0.25) is 0 Å². The minimum atomic E-state index is -0.775. The highest BCUT2D eigenvalue weighted by Crippen LogP contribution is 2.25. The molecule has 0 fully saturated rings. The molecular formula is C31H41FN2O2. The molecule has 0 aliphatic carbocycles. The van der Waals surface area contributed by atoms with E-state index >= 15 is 0 Å². The molecule has 0 aliphatic heterocycles. The zero-order valence-electron chi connectivity index (χ0n) is 21.9. The molecular weight excluding hydrogens is 451 g/mol. The van der Waals surface area contributed by atoms with Gasteiger partial charge in [-0.2, -0.15) is 0 Å². The lowest BCUT2D eigenvalue weighted by atomic mass is 10.0. The lowest BCUT2D eigenvalue weighted by Gasteiger charge is -2.10. The standard InChI is InChI=1S/C31H41FN2O2/c1-3-5-7-9-11-28(32)20-22-36-29-18-16-26(17-19-29)25-12-14-27(15-13-25)31-33-23-30(24-34-31)35-21-10-8-6-4-2/h12-19,23-24,28H,3-11,20-22H2,1-2H3/t28-/m0/s1. The Morgan fingerprint density at radius 2 is 1.17 bits per heavy atom. The molecule has 2 aromatic carbocycles. The summed E-state index contributed by atoms with van der Waals surface area (Å²) in [5.74, 6) is 2.16. The molecule has 0 bridgehead atoms. The third kappa shape index (κ3) is 9.60. The molecule has 3 aromatic rings. The second-order valence-corrected chi connectivity index (χ2v) is 9.34. The van der Waals surface area contributed by atoms with Gasteiger partial charge < -0.3 is 9.47 Å². The Morgan fingerprint density at radius 3 is 1.81 bits per heavy atom. The van der Waals surface area contributed by atoms with E-state index in [1.807, 2.05) is 36.4 Å². The quantitative estimate of drug-likeness (QED) is 0.177. The van der Waals surface area contributed by atoms with Gasteiger partial charge in [0.2, 0.25) is 0 Å². The van der Waals surface area contributed by atoms with Crippen LogP contribution in [0, 0.1) is 0 Å². The summed E-state index contributed by atoms with van der Waals surface area (Å²) in [7, 11) is 0. The fourth-order valence-electron chi connectivity index (χ4n) is 4.06. The van der Waals surface area contributed by atoms with E-state index in [1.54, 1.807) is 12.4 Å². The number of nitrogens with zero attached hydrogens (tertiary/aromatic N) is 2. The number of benzene rings is 2. The smallest absolute Gasteiger partial charge is 0.159 e. The van der Waals surface area contributed by atoms with Gasteiger partial charge in [0.25, 0.3) is 0 Å². The largest absolute Gasteiger partial charge is 0.493 e. The second kappa shape index (κ2) is 15.9. The van der Waals surface area contributed by atoms with Crippen molar-refractivity contribution in [3.05, 3.63) is 60.9 Å². The van der Waals surface area contributed by atoms with Crippen LogP contribution in [0.5, 0.6) is 11.5 Å². The molecule has 5 heteroatoms. The first-order chi connectivity index (χ1) is 17.7. The number of ether oxygens (including phenoxy) is 2. The topological polar surface area (TPSA) is 44.2 Å². The van der Waals surface area contributed by atoms with Gasteiger partial charge in [0.05, 0.1) is 25.6 Å². The first-order valence-corrected chi connectivity index (χ1v) is 13.6. The zero-order valence-corrected chi connectivity index (χ0v) is 21.9. The van der Waals surface area contributed by atoms with Crippen molar-refractivity contribution in [3.63, 3.8) is 0 Å². The van der Waals surface area contributed by atoms with E-state index in [9.17, 15) is 4.39 Å². The highest BCUT2D eigenvalue weighted by atomic mass is 19.1. The van der Waals surface area contributed by atoms with Gasteiger partial charge >= 0.3 is 0 Å². The van der Waals surface area contributed by atoms with Crippen LogP contribution in [0.3, 0.4) is 0 Å². The fraction of sp³-hybridized carbons (Fsp3) is 0.484. The summed E-state index contributed by atoms with van der Waals surface area (Å²) in [4.78, 5) is 8.93. The Morgan fingerprint density at radius 1 is 0.611 bits per heavy atom. The van der Waals surface area contributed by atoms with Crippen LogP contribution in [0.4, 0.5) is 4.39 Å². The Balaban J connectivity index is 1.44. The molecule has 1 atom stereocenters. The molecule has 1 heterocycles. The Kier molecular flexibility index (Phi) is 12.2. The van der Waals surface area contributed by atoms with Crippen LogP contribution in [-0.2, 0) is 0 Å². The lowest BCUT2D eigenvalue weighted by molar-refractivity contribution is 0.222. The zero-order chi connectivity index (χ0) is 25.4. The van der Waals surface area contributed by atoms with E-state index in [-0.39, 0.29) is 0 Å². The molecule has 0 N–H and O–H groups in total. The molecule has 0 aliphatic rings. The van der Waals surface area contributed by atoms with Gasteiger partial charge in [0.1, 0.15) is 11.9 Å². The fourth-order valence-corrected chi connectivity index (χ4v) is 4.06. The van der Waals surface area contributed by atoms with E-state index in [4.69, 9.17) is 9.47 Å².